The number of aliphatic hydroxyl groups is 1. The van der Waals surface area contributed by atoms with E-state index in [1.165, 1.54) is 6.92 Å². The van der Waals surface area contributed by atoms with Crippen molar-refractivity contribution in [2.75, 3.05) is 6.61 Å². The molecule has 2 aromatic carbocycles. The Kier molecular flexibility index (Phi) is 5.82. The molecule has 24 heavy (non-hydrogen) atoms. The van der Waals surface area contributed by atoms with Gasteiger partial charge in [-0.3, -0.25) is 4.79 Å². The van der Waals surface area contributed by atoms with E-state index in [9.17, 15) is 15.0 Å². The van der Waals surface area contributed by atoms with Crippen molar-refractivity contribution in [2.45, 2.75) is 33.2 Å². The van der Waals surface area contributed by atoms with Crippen LogP contribution in [0, 0.1) is 13.8 Å². The maximum absolute atomic E-state index is 11.2. The zero-order chi connectivity index (χ0) is 17.7. The lowest BCUT2D eigenvalue weighted by Gasteiger charge is -2.18. The van der Waals surface area contributed by atoms with Gasteiger partial charge in [0.15, 0.2) is 0 Å². The monoisotopic (exact) mass is 329 g/mol. The Morgan fingerprint density at radius 3 is 2.25 bits per heavy atom. The number of carbonyl (C=O) groups is 1. The molecule has 0 spiro atoms. The van der Waals surface area contributed by atoms with Crippen LogP contribution in [0.25, 0.3) is 0 Å². The lowest BCUT2D eigenvalue weighted by molar-refractivity contribution is -0.119. The molecular formula is C19H23NO4. The first kappa shape index (κ1) is 17.8. The Bertz CT molecular complexity index is 687. The van der Waals surface area contributed by atoms with Gasteiger partial charge in [0.05, 0.1) is 12.6 Å². The summed E-state index contributed by atoms with van der Waals surface area (Å²) < 4.78 is 5.92. The van der Waals surface area contributed by atoms with Crippen molar-refractivity contribution in [1.82, 2.24) is 5.32 Å². The Labute approximate surface area is 141 Å². The summed E-state index contributed by atoms with van der Waals surface area (Å²) in [4.78, 5) is 11.2. The molecule has 0 heterocycles. The zero-order valence-electron chi connectivity index (χ0n) is 14.2. The highest BCUT2D eigenvalue weighted by molar-refractivity contribution is 5.73. The molecule has 0 aliphatic heterocycles. The number of benzene rings is 2. The molecular weight excluding hydrogens is 306 g/mol. The zero-order valence-corrected chi connectivity index (χ0v) is 14.2. The van der Waals surface area contributed by atoms with Gasteiger partial charge < -0.3 is 20.3 Å². The molecule has 5 heteroatoms. The Morgan fingerprint density at radius 2 is 1.75 bits per heavy atom. The minimum Gasteiger partial charge on any atom is -0.508 e. The summed E-state index contributed by atoms with van der Waals surface area (Å²) in [6.07, 6.45) is 0.553. The molecule has 2 rings (SSSR count). The van der Waals surface area contributed by atoms with Crippen LogP contribution in [0.4, 0.5) is 0 Å². The second-order valence-corrected chi connectivity index (χ2v) is 5.94. The molecule has 1 unspecified atom stereocenters. The first-order valence-electron chi connectivity index (χ1n) is 7.84. The average molecular weight is 329 g/mol. The van der Waals surface area contributed by atoms with Crippen LogP contribution in [0.5, 0.6) is 17.2 Å². The molecule has 2 aromatic rings. The number of aliphatic hydroxyl groups excluding tert-OH is 1. The topological polar surface area (TPSA) is 78.8 Å². The van der Waals surface area contributed by atoms with Gasteiger partial charge in [0.25, 0.3) is 0 Å². The summed E-state index contributed by atoms with van der Waals surface area (Å²) in [5.74, 6) is 1.46. The fraction of sp³-hybridized carbons (Fsp3) is 0.316. The first-order chi connectivity index (χ1) is 11.4. The predicted molar refractivity (Wildman–Crippen MR) is 92.5 cm³/mol. The Hall–Kier alpha value is -2.53. The maximum atomic E-state index is 11.2. The summed E-state index contributed by atoms with van der Waals surface area (Å²) in [5, 5.41) is 21.5. The van der Waals surface area contributed by atoms with Gasteiger partial charge in [0.1, 0.15) is 17.2 Å². The fourth-order valence-corrected chi connectivity index (χ4v) is 2.68. The molecule has 0 radical (unpaired) electrons. The molecule has 0 saturated carbocycles. The van der Waals surface area contributed by atoms with Crippen LogP contribution < -0.4 is 10.1 Å². The van der Waals surface area contributed by atoms with E-state index in [0.717, 1.165) is 22.4 Å². The van der Waals surface area contributed by atoms with Gasteiger partial charge in [0, 0.05) is 6.92 Å². The lowest BCUT2D eigenvalue weighted by Crippen LogP contribution is -2.37. The van der Waals surface area contributed by atoms with Crippen molar-refractivity contribution >= 4 is 5.91 Å². The van der Waals surface area contributed by atoms with Crippen LogP contribution in [0.15, 0.2) is 36.4 Å². The quantitative estimate of drug-likeness (QED) is 0.761. The second kappa shape index (κ2) is 7.84. The molecule has 3 N–H and O–H groups in total. The van der Waals surface area contributed by atoms with Gasteiger partial charge in [-0.2, -0.15) is 0 Å². The van der Waals surface area contributed by atoms with E-state index in [-0.39, 0.29) is 24.3 Å². The van der Waals surface area contributed by atoms with Gasteiger partial charge >= 0.3 is 0 Å². The summed E-state index contributed by atoms with van der Waals surface area (Å²) in [7, 11) is 0. The molecule has 0 saturated heterocycles. The van der Waals surface area contributed by atoms with Crippen molar-refractivity contribution in [1.29, 1.82) is 0 Å². The normalized spacial score (nSPS) is 11.8. The van der Waals surface area contributed by atoms with Crippen LogP contribution in [-0.4, -0.2) is 28.8 Å². The number of nitrogens with one attached hydrogen (secondary N) is 1. The first-order valence-corrected chi connectivity index (χ1v) is 7.84. The number of amides is 1. The number of phenolic OH excluding ortho intramolecular Hbond substituents is 1. The number of aromatic hydroxyl groups is 1. The van der Waals surface area contributed by atoms with Gasteiger partial charge in [-0.05, 0) is 61.2 Å². The van der Waals surface area contributed by atoms with Crippen LogP contribution >= 0.6 is 0 Å². The number of hydrogen-bond donors (Lipinski definition) is 3. The van der Waals surface area contributed by atoms with Gasteiger partial charge in [-0.1, -0.05) is 12.1 Å². The van der Waals surface area contributed by atoms with E-state index in [1.54, 1.807) is 24.3 Å². The summed E-state index contributed by atoms with van der Waals surface area (Å²) in [6, 6.07) is 10.3. The number of phenols is 1. The summed E-state index contributed by atoms with van der Waals surface area (Å²) in [5.41, 5.74) is 2.96. The van der Waals surface area contributed by atoms with E-state index in [0.29, 0.717) is 12.2 Å². The molecule has 1 amide bonds. The molecule has 0 aliphatic rings. The standard InChI is InChI=1S/C19H23NO4/c1-12-8-15(10-16(11-21)20-14(3)22)9-13(2)19(12)24-18-6-4-17(23)5-7-18/h4-9,16,21,23H,10-11H2,1-3H3,(H,20,22). The van der Waals surface area contributed by atoms with Crippen molar-refractivity contribution in [3.8, 4) is 17.2 Å². The van der Waals surface area contributed by atoms with Crippen LogP contribution in [0.3, 0.4) is 0 Å². The number of aryl methyl sites for hydroxylation is 2. The third kappa shape index (κ3) is 4.73. The molecule has 128 valence electrons. The maximum Gasteiger partial charge on any atom is 0.217 e. The highest BCUT2D eigenvalue weighted by Gasteiger charge is 2.13. The Morgan fingerprint density at radius 1 is 1.17 bits per heavy atom. The third-order valence-electron chi connectivity index (χ3n) is 3.69. The van der Waals surface area contributed by atoms with Crippen molar-refractivity contribution in [2.24, 2.45) is 0 Å². The van der Waals surface area contributed by atoms with Gasteiger partial charge in [-0.25, -0.2) is 0 Å². The highest BCUT2D eigenvalue weighted by atomic mass is 16.5. The highest BCUT2D eigenvalue weighted by Crippen LogP contribution is 2.31. The third-order valence-corrected chi connectivity index (χ3v) is 3.69. The van der Waals surface area contributed by atoms with E-state index < -0.39 is 0 Å². The lowest BCUT2D eigenvalue weighted by atomic mass is 10.00. The van der Waals surface area contributed by atoms with Crippen molar-refractivity contribution in [3.05, 3.63) is 53.1 Å². The summed E-state index contributed by atoms with van der Waals surface area (Å²) in [6.45, 7) is 5.24. The number of carbonyl (C=O) groups excluding carboxylic acids is 1. The van der Waals surface area contributed by atoms with Gasteiger partial charge in [-0.15, -0.1) is 0 Å². The van der Waals surface area contributed by atoms with E-state index >= 15 is 0 Å². The van der Waals surface area contributed by atoms with E-state index in [4.69, 9.17) is 4.74 Å². The SMILES string of the molecule is CC(=O)NC(CO)Cc1cc(C)c(Oc2ccc(O)cc2)c(C)c1. The van der Waals surface area contributed by atoms with Gasteiger partial charge in [0.2, 0.25) is 5.91 Å². The Balaban J connectivity index is 2.18. The molecule has 0 aromatic heterocycles. The van der Waals surface area contributed by atoms with Crippen LogP contribution in [0.1, 0.15) is 23.6 Å². The number of hydrogen-bond acceptors (Lipinski definition) is 4. The minimum absolute atomic E-state index is 0.108. The fourth-order valence-electron chi connectivity index (χ4n) is 2.68. The van der Waals surface area contributed by atoms with E-state index in [2.05, 4.69) is 5.32 Å². The number of ether oxygens (including phenoxy) is 1. The van der Waals surface area contributed by atoms with Crippen LogP contribution in [0.2, 0.25) is 0 Å². The molecule has 0 fully saturated rings. The second-order valence-electron chi connectivity index (χ2n) is 5.94. The molecule has 5 nitrogen and oxygen atoms in total. The van der Waals surface area contributed by atoms with Crippen LogP contribution in [-0.2, 0) is 11.2 Å². The summed E-state index contributed by atoms with van der Waals surface area (Å²) >= 11 is 0. The van der Waals surface area contributed by atoms with Crippen molar-refractivity contribution in [3.63, 3.8) is 0 Å². The smallest absolute Gasteiger partial charge is 0.217 e. The molecule has 1 atom stereocenters. The van der Waals surface area contributed by atoms with Crippen molar-refractivity contribution < 1.29 is 19.7 Å². The molecule has 0 bridgehead atoms. The average Bonchev–Trinajstić information content (AvgIpc) is 2.51. The molecule has 0 aliphatic carbocycles. The predicted octanol–water partition coefficient (Wildman–Crippen LogP) is 2.84. The largest absolute Gasteiger partial charge is 0.508 e. The van der Waals surface area contributed by atoms with E-state index in [1.807, 2.05) is 26.0 Å². The number of rotatable bonds is 6. The minimum atomic E-state index is -0.301.